The second-order valence-corrected chi connectivity index (χ2v) is 6.37. The minimum atomic E-state index is 0.935. The van der Waals surface area contributed by atoms with Gasteiger partial charge in [-0.1, -0.05) is 25.1 Å². The van der Waals surface area contributed by atoms with Crippen LogP contribution in [-0.2, 0) is 19.5 Å². The fraction of sp³-hybridized carbons (Fsp3) is 0.353. The predicted octanol–water partition coefficient (Wildman–Crippen LogP) is 3.84. The molecule has 0 aliphatic heterocycles. The lowest BCUT2D eigenvalue weighted by Crippen LogP contribution is -2.15. The molecule has 0 aliphatic rings. The number of hydrogen-bond donors (Lipinski definition) is 1. The molecule has 4 heteroatoms. The number of benzene rings is 1. The highest BCUT2D eigenvalue weighted by Gasteiger charge is 2.01. The standard InChI is InChI=1S/C17H21N3S/c1-2-17-19-13-15(21-17)12-18-9-5-10-20-11-8-14-6-3-4-7-16(14)20/h3-4,6-8,11,13,18H,2,5,9-10,12H2,1H3. The van der Waals surface area contributed by atoms with E-state index >= 15 is 0 Å². The molecule has 3 aromatic rings. The molecular formula is C17H21N3S. The summed E-state index contributed by atoms with van der Waals surface area (Å²) in [4.78, 5) is 5.71. The van der Waals surface area contributed by atoms with E-state index in [0.717, 1.165) is 32.5 Å². The molecule has 1 aromatic carbocycles. The van der Waals surface area contributed by atoms with Crippen molar-refractivity contribution in [3.63, 3.8) is 0 Å². The van der Waals surface area contributed by atoms with Gasteiger partial charge in [-0.15, -0.1) is 11.3 Å². The molecule has 2 aromatic heterocycles. The Labute approximate surface area is 129 Å². The van der Waals surface area contributed by atoms with Gasteiger partial charge in [-0.05, 0) is 36.9 Å². The molecule has 0 bridgehead atoms. The molecule has 0 radical (unpaired) electrons. The monoisotopic (exact) mass is 299 g/mol. The van der Waals surface area contributed by atoms with Crippen molar-refractivity contribution in [3.05, 3.63) is 52.6 Å². The molecule has 110 valence electrons. The minimum Gasteiger partial charge on any atom is -0.347 e. The zero-order valence-corrected chi connectivity index (χ0v) is 13.2. The quantitative estimate of drug-likeness (QED) is 0.672. The first-order valence-corrected chi connectivity index (χ1v) is 8.36. The maximum absolute atomic E-state index is 4.38. The fourth-order valence-corrected chi connectivity index (χ4v) is 3.35. The Hall–Kier alpha value is -1.65. The summed E-state index contributed by atoms with van der Waals surface area (Å²) in [5.74, 6) is 0. The lowest BCUT2D eigenvalue weighted by molar-refractivity contribution is 0.593. The molecule has 0 unspecified atom stereocenters. The molecule has 1 N–H and O–H groups in total. The normalized spacial score (nSPS) is 11.3. The van der Waals surface area contributed by atoms with Crippen LogP contribution in [0, 0.1) is 0 Å². The topological polar surface area (TPSA) is 29.9 Å². The van der Waals surface area contributed by atoms with Gasteiger partial charge in [0, 0.05) is 35.9 Å². The highest BCUT2D eigenvalue weighted by molar-refractivity contribution is 7.11. The van der Waals surface area contributed by atoms with Gasteiger partial charge >= 0.3 is 0 Å². The number of thiazole rings is 1. The van der Waals surface area contributed by atoms with Crippen LogP contribution < -0.4 is 5.32 Å². The predicted molar refractivity (Wildman–Crippen MR) is 89.8 cm³/mol. The van der Waals surface area contributed by atoms with Crippen molar-refractivity contribution < 1.29 is 0 Å². The molecule has 0 amide bonds. The third-order valence-electron chi connectivity index (χ3n) is 3.64. The number of nitrogens with zero attached hydrogens (tertiary/aromatic N) is 2. The van der Waals surface area contributed by atoms with Gasteiger partial charge in [0.2, 0.25) is 0 Å². The first kappa shape index (κ1) is 14.3. The Balaban J connectivity index is 1.44. The van der Waals surface area contributed by atoms with Gasteiger partial charge in [0.15, 0.2) is 0 Å². The van der Waals surface area contributed by atoms with E-state index in [9.17, 15) is 0 Å². The van der Waals surface area contributed by atoms with Crippen molar-refractivity contribution in [3.8, 4) is 0 Å². The van der Waals surface area contributed by atoms with Crippen molar-refractivity contribution >= 4 is 22.2 Å². The molecule has 2 heterocycles. The Morgan fingerprint density at radius 2 is 2.14 bits per heavy atom. The average Bonchev–Trinajstić information content (AvgIpc) is 3.14. The Bertz CT molecular complexity index is 699. The average molecular weight is 299 g/mol. The van der Waals surface area contributed by atoms with Crippen molar-refractivity contribution in [1.82, 2.24) is 14.9 Å². The highest BCUT2D eigenvalue weighted by Crippen LogP contribution is 2.15. The molecular weight excluding hydrogens is 278 g/mol. The van der Waals surface area contributed by atoms with Crippen LogP contribution in [0.4, 0.5) is 0 Å². The van der Waals surface area contributed by atoms with E-state index in [-0.39, 0.29) is 0 Å². The van der Waals surface area contributed by atoms with Crippen molar-refractivity contribution in [2.24, 2.45) is 0 Å². The summed E-state index contributed by atoms with van der Waals surface area (Å²) in [6.45, 7) is 5.18. The maximum atomic E-state index is 4.38. The van der Waals surface area contributed by atoms with Crippen molar-refractivity contribution in [2.75, 3.05) is 6.54 Å². The van der Waals surface area contributed by atoms with Gasteiger partial charge in [-0.2, -0.15) is 0 Å². The lowest BCUT2D eigenvalue weighted by Gasteiger charge is -2.06. The molecule has 0 fully saturated rings. The van der Waals surface area contributed by atoms with Gasteiger partial charge in [0.05, 0.1) is 5.01 Å². The number of rotatable bonds is 7. The first-order valence-electron chi connectivity index (χ1n) is 7.55. The third-order valence-corrected chi connectivity index (χ3v) is 4.78. The Morgan fingerprint density at radius 3 is 3.00 bits per heavy atom. The SMILES string of the molecule is CCc1ncc(CNCCCn2ccc3ccccc32)s1. The van der Waals surface area contributed by atoms with E-state index in [1.807, 2.05) is 17.5 Å². The molecule has 3 nitrogen and oxygen atoms in total. The van der Waals surface area contributed by atoms with Crippen LogP contribution in [0.25, 0.3) is 10.9 Å². The second-order valence-electron chi connectivity index (χ2n) is 5.17. The number of hydrogen-bond acceptors (Lipinski definition) is 3. The second kappa shape index (κ2) is 6.87. The van der Waals surface area contributed by atoms with Crippen LogP contribution in [0.5, 0.6) is 0 Å². The van der Waals surface area contributed by atoms with E-state index < -0.39 is 0 Å². The molecule has 0 saturated carbocycles. The zero-order chi connectivity index (χ0) is 14.5. The molecule has 0 atom stereocenters. The fourth-order valence-electron chi connectivity index (χ4n) is 2.51. The van der Waals surface area contributed by atoms with Crippen LogP contribution >= 0.6 is 11.3 Å². The van der Waals surface area contributed by atoms with Gasteiger partial charge in [-0.3, -0.25) is 0 Å². The number of para-hydroxylation sites is 1. The van der Waals surface area contributed by atoms with E-state index in [0.29, 0.717) is 0 Å². The van der Waals surface area contributed by atoms with Gasteiger partial charge in [-0.25, -0.2) is 4.98 Å². The zero-order valence-electron chi connectivity index (χ0n) is 12.4. The molecule has 21 heavy (non-hydrogen) atoms. The number of aromatic nitrogens is 2. The van der Waals surface area contributed by atoms with Crippen LogP contribution in [0.3, 0.4) is 0 Å². The van der Waals surface area contributed by atoms with E-state index in [1.54, 1.807) is 0 Å². The molecule has 0 saturated heterocycles. The summed E-state index contributed by atoms with van der Waals surface area (Å²) >= 11 is 1.81. The van der Waals surface area contributed by atoms with Crippen LogP contribution in [-0.4, -0.2) is 16.1 Å². The maximum Gasteiger partial charge on any atom is 0.0925 e. The van der Waals surface area contributed by atoms with E-state index in [4.69, 9.17) is 0 Å². The van der Waals surface area contributed by atoms with Crippen molar-refractivity contribution in [1.29, 1.82) is 0 Å². The summed E-state index contributed by atoms with van der Waals surface area (Å²) in [5, 5.41) is 6.06. The lowest BCUT2D eigenvalue weighted by atomic mass is 10.2. The number of fused-ring (bicyclic) bond motifs is 1. The van der Waals surface area contributed by atoms with Crippen LogP contribution in [0.2, 0.25) is 0 Å². The van der Waals surface area contributed by atoms with Crippen LogP contribution in [0.1, 0.15) is 23.2 Å². The van der Waals surface area contributed by atoms with Crippen molar-refractivity contribution in [2.45, 2.75) is 32.9 Å². The molecule has 0 aliphatic carbocycles. The minimum absolute atomic E-state index is 0.935. The number of nitrogens with one attached hydrogen (secondary N) is 1. The molecule has 3 rings (SSSR count). The summed E-state index contributed by atoms with van der Waals surface area (Å²) in [5.41, 5.74) is 1.33. The summed E-state index contributed by atoms with van der Waals surface area (Å²) in [6, 6.07) is 10.7. The summed E-state index contributed by atoms with van der Waals surface area (Å²) in [7, 11) is 0. The molecule has 0 spiro atoms. The highest BCUT2D eigenvalue weighted by atomic mass is 32.1. The Morgan fingerprint density at radius 1 is 1.24 bits per heavy atom. The first-order chi connectivity index (χ1) is 10.4. The van der Waals surface area contributed by atoms with E-state index in [2.05, 4.69) is 58.3 Å². The summed E-state index contributed by atoms with van der Waals surface area (Å²) in [6.07, 6.45) is 6.35. The van der Waals surface area contributed by atoms with Gasteiger partial charge < -0.3 is 9.88 Å². The van der Waals surface area contributed by atoms with Gasteiger partial charge in [0.25, 0.3) is 0 Å². The smallest absolute Gasteiger partial charge is 0.0925 e. The largest absolute Gasteiger partial charge is 0.347 e. The third kappa shape index (κ3) is 3.52. The number of aryl methyl sites for hydroxylation is 2. The van der Waals surface area contributed by atoms with Crippen LogP contribution in [0.15, 0.2) is 42.7 Å². The summed E-state index contributed by atoms with van der Waals surface area (Å²) < 4.78 is 2.33. The van der Waals surface area contributed by atoms with Gasteiger partial charge in [0.1, 0.15) is 0 Å². The Kier molecular flexibility index (Phi) is 4.68. The van der Waals surface area contributed by atoms with E-state index in [1.165, 1.54) is 20.8 Å².